The van der Waals surface area contributed by atoms with Crippen molar-refractivity contribution in [3.05, 3.63) is 76.8 Å². The molecule has 1 aromatic heterocycles. The van der Waals surface area contributed by atoms with Crippen molar-refractivity contribution in [3.63, 3.8) is 0 Å². The first-order chi connectivity index (χ1) is 12.2. The van der Waals surface area contributed by atoms with E-state index in [1.54, 1.807) is 11.3 Å². The fraction of sp³-hybridized carbons (Fsp3) is 0.238. The highest BCUT2D eigenvalue weighted by molar-refractivity contribution is 7.13. The molecule has 4 heteroatoms. The van der Waals surface area contributed by atoms with Gasteiger partial charge in [-0.25, -0.2) is 4.98 Å². The molecule has 25 heavy (non-hydrogen) atoms. The third-order valence-electron chi connectivity index (χ3n) is 4.18. The molecule has 0 aliphatic rings. The molecule has 0 aliphatic carbocycles. The maximum absolute atomic E-state index is 12.3. The average Bonchev–Trinajstić information content (AvgIpc) is 3.10. The highest BCUT2D eigenvalue weighted by atomic mass is 32.1. The molecule has 3 aromatic rings. The van der Waals surface area contributed by atoms with Crippen LogP contribution in [0, 0.1) is 0 Å². The lowest BCUT2D eigenvalue weighted by Gasteiger charge is -2.13. The molecule has 2 aromatic carbocycles. The quantitative estimate of drug-likeness (QED) is 0.694. The first-order valence-electron chi connectivity index (χ1n) is 8.53. The van der Waals surface area contributed by atoms with Crippen LogP contribution in [0.2, 0.25) is 0 Å². The fourth-order valence-electron chi connectivity index (χ4n) is 2.69. The third-order valence-corrected chi connectivity index (χ3v) is 5.12. The summed E-state index contributed by atoms with van der Waals surface area (Å²) in [6.45, 7) is 4.14. The zero-order valence-corrected chi connectivity index (χ0v) is 15.3. The maximum atomic E-state index is 12.3. The van der Waals surface area contributed by atoms with E-state index in [-0.39, 0.29) is 11.9 Å². The number of benzene rings is 2. The third kappa shape index (κ3) is 4.54. The zero-order chi connectivity index (χ0) is 17.6. The van der Waals surface area contributed by atoms with Gasteiger partial charge < -0.3 is 5.32 Å². The lowest BCUT2D eigenvalue weighted by Crippen LogP contribution is -2.28. The number of aromatic nitrogens is 1. The predicted octanol–water partition coefficient (Wildman–Crippen LogP) is 4.79. The van der Waals surface area contributed by atoms with E-state index in [0.717, 1.165) is 28.2 Å². The van der Waals surface area contributed by atoms with Gasteiger partial charge in [-0.05, 0) is 24.5 Å². The molecule has 1 unspecified atom stereocenters. The summed E-state index contributed by atoms with van der Waals surface area (Å²) in [5.74, 6) is -0.00506. The van der Waals surface area contributed by atoms with Crippen molar-refractivity contribution in [2.75, 3.05) is 0 Å². The summed E-state index contributed by atoms with van der Waals surface area (Å²) in [5.41, 5.74) is 4.34. The van der Waals surface area contributed by atoms with Crippen LogP contribution in [0.5, 0.6) is 0 Å². The fourth-order valence-corrected chi connectivity index (χ4v) is 3.51. The minimum Gasteiger partial charge on any atom is -0.349 e. The van der Waals surface area contributed by atoms with E-state index in [4.69, 9.17) is 0 Å². The summed E-state index contributed by atoms with van der Waals surface area (Å²) >= 11 is 1.58. The summed E-state index contributed by atoms with van der Waals surface area (Å²) in [4.78, 5) is 16.9. The van der Waals surface area contributed by atoms with Crippen molar-refractivity contribution in [2.24, 2.45) is 0 Å². The van der Waals surface area contributed by atoms with Gasteiger partial charge in [0.1, 0.15) is 5.01 Å². The normalized spacial score (nSPS) is 11.9. The molecule has 0 fully saturated rings. The van der Waals surface area contributed by atoms with Crippen molar-refractivity contribution in [3.8, 4) is 10.6 Å². The minimum atomic E-state index is -0.00612. The second-order valence-electron chi connectivity index (χ2n) is 6.07. The first-order valence-corrected chi connectivity index (χ1v) is 9.41. The van der Waals surface area contributed by atoms with Gasteiger partial charge >= 0.3 is 0 Å². The molecule has 128 valence electrons. The average molecular weight is 350 g/mol. The Morgan fingerprint density at radius 3 is 2.52 bits per heavy atom. The second-order valence-corrected chi connectivity index (χ2v) is 6.93. The van der Waals surface area contributed by atoms with Crippen LogP contribution >= 0.6 is 11.3 Å². The van der Waals surface area contributed by atoms with Crippen molar-refractivity contribution in [1.82, 2.24) is 10.3 Å². The Morgan fingerprint density at radius 2 is 1.84 bits per heavy atom. The van der Waals surface area contributed by atoms with Gasteiger partial charge in [0.05, 0.1) is 18.2 Å². The molecular formula is C21H22N2OS. The molecule has 1 amide bonds. The van der Waals surface area contributed by atoms with Crippen molar-refractivity contribution >= 4 is 17.2 Å². The van der Waals surface area contributed by atoms with Gasteiger partial charge in [0.25, 0.3) is 0 Å². The van der Waals surface area contributed by atoms with Crippen LogP contribution in [0.1, 0.15) is 36.7 Å². The molecule has 0 saturated heterocycles. The number of carbonyl (C=O) groups excluding carboxylic acids is 1. The van der Waals surface area contributed by atoms with Gasteiger partial charge in [0, 0.05) is 10.9 Å². The van der Waals surface area contributed by atoms with E-state index in [1.807, 2.05) is 42.6 Å². The summed E-state index contributed by atoms with van der Waals surface area (Å²) in [5, 5.41) is 5.96. The first kappa shape index (κ1) is 17.4. The molecule has 1 atom stereocenters. The van der Waals surface area contributed by atoms with Gasteiger partial charge in [-0.15, -0.1) is 11.3 Å². The molecule has 0 bridgehead atoms. The van der Waals surface area contributed by atoms with E-state index in [9.17, 15) is 4.79 Å². The molecule has 3 nitrogen and oxygen atoms in total. The summed E-state index contributed by atoms with van der Waals surface area (Å²) in [6, 6.07) is 18.4. The molecule has 0 spiro atoms. The maximum Gasteiger partial charge on any atom is 0.226 e. The Balaban J connectivity index is 1.61. The Morgan fingerprint density at radius 1 is 1.12 bits per heavy atom. The van der Waals surface area contributed by atoms with Crippen molar-refractivity contribution in [2.45, 2.75) is 32.7 Å². The standard InChI is InChI=1S/C21H22N2OS/c1-3-16-9-11-18(12-10-16)21-23-19(14-25-21)13-20(24)22-15(2)17-7-5-4-6-8-17/h4-12,14-15H,3,13H2,1-2H3,(H,22,24). The molecule has 0 saturated carbocycles. The Kier molecular flexibility index (Phi) is 5.61. The van der Waals surface area contributed by atoms with E-state index < -0.39 is 0 Å². The van der Waals surface area contributed by atoms with Gasteiger partial charge in [-0.1, -0.05) is 61.5 Å². The smallest absolute Gasteiger partial charge is 0.226 e. The predicted molar refractivity (Wildman–Crippen MR) is 104 cm³/mol. The van der Waals surface area contributed by atoms with Crippen LogP contribution in [-0.2, 0) is 17.6 Å². The van der Waals surface area contributed by atoms with Crippen molar-refractivity contribution in [1.29, 1.82) is 0 Å². The number of hydrogen-bond donors (Lipinski definition) is 1. The monoisotopic (exact) mass is 350 g/mol. The number of rotatable bonds is 6. The number of nitrogens with one attached hydrogen (secondary N) is 1. The molecule has 3 rings (SSSR count). The van der Waals surface area contributed by atoms with Crippen LogP contribution in [0.4, 0.5) is 0 Å². The van der Waals surface area contributed by atoms with Gasteiger partial charge in [0.2, 0.25) is 5.91 Å². The Labute approximate surface area is 152 Å². The molecule has 1 N–H and O–H groups in total. The molecular weight excluding hydrogens is 328 g/mol. The Bertz CT molecular complexity index is 825. The largest absolute Gasteiger partial charge is 0.349 e. The van der Waals surface area contributed by atoms with Crippen LogP contribution in [0.25, 0.3) is 10.6 Å². The number of aryl methyl sites for hydroxylation is 1. The Hall–Kier alpha value is -2.46. The topological polar surface area (TPSA) is 42.0 Å². The van der Waals surface area contributed by atoms with Gasteiger partial charge in [-0.2, -0.15) is 0 Å². The SMILES string of the molecule is CCc1ccc(-c2nc(CC(=O)NC(C)c3ccccc3)cs2)cc1. The summed E-state index contributed by atoms with van der Waals surface area (Å²) in [6.07, 6.45) is 1.34. The highest BCUT2D eigenvalue weighted by Crippen LogP contribution is 2.24. The number of carbonyl (C=O) groups is 1. The van der Waals surface area contributed by atoms with E-state index in [0.29, 0.717) is 6.42 Å². The number of nitrogens with zero attached hydrogens (tertiary/aromatic N) is 1. The van der Waals surface area contributed by atoms with Gasteiger partial charge in [0.15, 0.2) is 0 Å². The minimum absolute atomic E-state index is 0.00506. The van der Waals surface area contributed by atoms with Crippen LogP contribution < -0.4 is 5.32 Å². The van der Waals surface area contributed by atoms with Crippen LogP contribution in [0.3, 0.4) is 0 Å². The lowest BCUT2D eigenvalue weighted by atomic mass is 10.1. The number of thiazole rings is 1. The highest BCUT2D eigenvalue weighted by Gasteiger charge is 2.12. The zero-order valence-electron chi connectivity index (χ0n) is 14.5. The molecule has 0 radical (unpaired) electrons. The second kappa shape index (κ2) is 8.08. The summed E-state index contributed by atoms with van der Waals surface area (Å²) < 4.78 is 0. The van der Waals surface area contributed by atoms with E-state index >= 15 is 0 Å². The van der Waals surface area contributed by atoms with E-state index in [1.165, 1.54) is 5.56 Å². The van der Waals surface area contributed by atoms with Crippen molar-refractivity contribution < 1.29 is 4.79 Å². The molecule has 1 heterocycles. The molecule has 0 aliphatic heterocycles. The van der Waals surface area contributed by atoms with Crippen LogP contribution in [-0.4, -0.2) is 10.9 Å². The number of amides is 1. The van der Waals surface area contributed by atoms with E-state index in [2.05, 4.69) is 41.5 Å². The van der Waals surface area contributed by atoms with Crippen LogP contribution in [0.15, 0.2) is 60.0 Å². The summed E-state index contributed by atoms with van der Waals surface area (Å²) in [7, 11) is 0. The number of hydrogen-bond acceptors (Lipinski definition) is 3. The van der Waals surface area contributed by atoms with Gasteiger partial charge in [-0.3, -0.25) is 4.79 Å². The lowest BCUT2D eigenvalue weighted by molar-refractivity contribution is -0.121.